The summed E-state index contributed by atoms with van der Waals surface area (Å²) in [4.78, 5) is 10.8. The zero-order valence-corrected chi connectivity index (χ0v) is 13.2. The first-order valence-electron chi connectivity index (χ1n) is 6.98. The van der Waals surface area contributed by atoms with Crippen molar-refractivity contribution in [2.24, 2.45) is 0 Å². The third-order valence-electron chi connectivity index (χ3n) is 3.47. The van der Waals surface area contributed by atoms with E-state index in [4.69, 9.17) is 9.16 Å². The highest BCUT2D eigenvalue weighted by Gasteiger charge is 2.29. The molecule has 0 radical (unpaired) electrons. The van der Waals surface area contributed by atoms with E-state index in [0.29, 0.717) is 6.61 Å². The quantitative estimate of drug-likeness (QED) is 0.248. The van der Waals surface area contributed by atoms with Gasteiger partial charge >= 0.3 is 5.97 Å². The van der Waals surface area contributed by atoms with Gasteiger partial charge in [0.25, 0.3) is 0 Å². The standard InChI is InChI=1S/C14H28O3Si/c1-5-12-18(7-3,16-4)13-10-8-9-11-17-14(15)6-2/h6H,2,5,7-13H2,1,3-4H3. The highest BCUT2D eigenvalue weighted by molar-refractivity contribution is 6.73. The van der Waals surface area contributed by atoms with Crippen LogP contribution in [0.4, 0.5) is 0 Å². The van der Waals surface area contributed by atoms with Crippen molar-refractivity contribution in [1.82, 2.24) is 0 Å². The Morgan fingerprint density at radius 2 is 1.94 bits per heavy atom. The van der Waals surface area contributed by atoms with Crippen molar-refractivity contribution < 1.29 is 14.0 Å². The van der Waals surface area contributed by atoms with Crippen LogP contribution in [0.2, 0.25) is 18.1 Å². The van der Waals surface area contributed by atoms with E-state index in [2.05, 4.69) is 20.4 Å². The third-order valence-corrected chi connectivity index (χ3v) is 8.30. The minimum Gasteiger partial charge on any atom is -0.463 e. The van der Waals surface area contributed by atoms with Gasteiger partial charge in [0.1, 0.15) is 0 Å². The molecule has 0 N–H and O–H groups in total. The minimum atomic E-state index is -1.46. The molecule has 1 unspecified atom stereocenters. The van der Waals surface area contributed by atoms with E-state index in [1.54, 1.807) is 0 Å². The molecule has 1 atom stereocenters. The number of ether oxygens (including phenoxy) is 1. The molecule has 0 rings (SSSR count). The Morgan fingerprint density at radius 1 is 1.22 bits per heavy atom. The third kappa shape index (κ3) is 6.96. The Hall–Kier alpha value is -0.613. The molecule has 0 spiro atoms. The van der Waals surface area contributed by atoms with Gasteiger partial charge in [0.15, 0.2) is 8.32 Å². The van der Waals surface area contributed by atoms with Crippen LogP contribution in [0.25, 0.3) is 0 Å². The van der Waals surface area contributed by atoms with Gasteiger partial charge in [-0.25, -0.2) is 4.79 Å². The highest BCUT2D eigenvalue weighted by Crippen LogP contribution is 2.25. The lowest BCUT2D eigenvalue weighted by atomic mass is 10.3. The van der Waals surface area contributed by atoms with E-state index in [1.807, 2.05) is 7.11 Å². The average Bonchev–Trinajstić information content (AvgIpc) is 2.41. The van der Waals surface area contributed by atoms with Gasteiger partial charge in [0.05, 0.1) is 6.61 Å². The van der Waals surface area contributed by atoms with Crippen molar-refractivity contribution in [3.8, 4) is 0 Å². The number of hydrogen-bond acceptors (Lipinski definition) is 3. The Kier molecular flexibility index (Phi) is 9.97. The lowest BCUT2D eigenvalue weighted by Crippen LogP contribution is -2.35. The topological polar surface area (TPSA) is 35.5 Å². The lowest BCUT2D eigenvalue weighted by Gasteiger charge is -2.28. The second-order valence-corrected chi connectivity index (χ2v) is 9.15. The summed E-state index contributed by atoms with van der Waals surface area (Å²) >= 11 is 0. The molecule has 3 nitrogen and oxygen atoms in total. The van der Waals surface area contributed by atoms with Crippen molar-refractivity contribution >= 4 is 14.3 Å². The summed E-state index contributed by atoms with van der Waals surface area (Å²) in [6.45, 7) is 8.35. The van der Waals surface area contributed by atoms with Crippen LogP contribution in [0, 0.1) is 0 Å². The molecule has 0 saturated carbocycles. The fourth-order valence-electron chi connectivity index (χ4n) is 2.24. The van der Waals surface area contributed by atoms with E-state index in [1.165, 1.54) is 37.0 Å². The molecule has 0 aliphatic carbocycles. The van der Waals surface area contributed by atoms with Crippen LogP contribution < -0.4 is 0 Å². The van der Waals surface area contributed by atoms with Crippen molar-refractivity contribution in [2.75, 3.05) is 13.7 Å². The van der Waals surface area contributed by atoms with Crippen molar-refractivity contribution in [2.45, 2.75) is 57.7 Å². The van der Waals surface area contributed by atoms with Gasteiger partial charge in [-0.2, -0.15) is 0 Å². The largest absolute Gasteiger partial charge is 0.463 e. The van der Waals surface area contributed by atoms with Crippen LogP contribution >= 0.6 is 0 Å². The molecular formula is C14H28O3Si. The predicted molar refractivity (Wildman–Crippen MR) is 78.2 cm³/mol. The number of esters is 1. The van der Waals surface area contributed by atoms with Gasteiger partial charge in [-0.15, -0.1) is 0 Å². The maximum Gasteiger partial charge on any atom is 0.330 e. The Balaban J connectivity index is 3.73. The molecule has 0 aromatic heterocycles. The van der Waals surface area contributed by atoms with E-state index < -0.39 is 8.32 Å². The Bertz CT molecular complexity index is 237. The number of hydrogen-bond donors (Lipinski definition) is 0. The highest BCUT2D eigenvalue weighted by atomic mass is 28.4. The summed E-state index contributed by atoms with van der Waals surface area (Å²) in [6.07, 6.45) is 5.64. The molecule has 0 bridgehead atoms. The molecule has 0 heterocycles. The molecule has 106 valence electrons. The van der Waals surface area contributed by atoms with Gasteiger partial charge in [-0.1, -0.05) is 39.7 Å². The van der Waals surface area contributed by atoms with Gasteiger partial charge < -0.3 is 9.16 Å². The number of rotatable bonds is 11. The van der Waals surface area contributed by atoms with E-state index in [9.17, 15) is 4.79 Å². The van der Waals surface area contributed by atoms with E-state index >= 15 is 0 Å². The maximum atomic E-state index is 10.8. The summed E-state index contributed by atoms with van der Waals surface area (Å²) in [5, 5.41) is 0. The molecular weight excluding hydrogens is 244 g/mol. The van der Waals surface area contributed by atoms with Crippen LogP contribution in [-0.2, 0) is 14.0 Å². The van der Waals surface area contributed by atoms with Crippen molar-refractivity contribution in [3.63, 3.8) is 0 Å². The summed E-state index contributed by atoms with van der Waals surface area (Å²) in [5.74, 6) is -0.324. The summed E-state index contributed by atoms with van der Waals surface area (Å²) in [7, 11) is 0.416. The normalized spacial score (nSPS) is 13.9. The van der Waals surface area contributed by atoms with E-state index in [0.717, 1.165) is 12.8 Å². The lowest BCUT2D eigenvalue weighted by molar-refractivity contribution is -0.137. The maximum absolute atomic E-state index is 10.8. The van der Waals surface area contributed by atoms with Gasteiger partial charge in [0.2, 0.25) is 0 Å². The second kappa shape index (κ2) is 10.3. The fraction of sp³-hybridized carbons (Fsp3) is 0.786. The van der Waals surface area contributed by atoms with Crippen molar-refractivity contribution in [1.29, 1.82) is 0 Å². The Morgan fingerprint density at radius 3 is 2.44 bits per heavy atom. The molecule has 0 aromatic rings. The zero-order valence-electron chi connectivity index (χ0n) is 12.2. The van der Waals surface area contributed by atoms with Crippen LogP contribution in [0.3, 0.4) is 0 Å². The van der Waals surface area contributed by atoms with Crippen LogP contribution in [-0.4, -0.2) is 28.0 Å². The smallest absolute Gasteiger partial charge is 0.330 e. The zero-order chi connectivity index (χ0) is 13.9. The molecule has 0 aromatic carbocycles. The molecule has 0 aliphatic heterocycles. The van der Waals surface area contributed by atoms with Gasteiger partial charge in [0, 0.05) is 13.2 Å². The average molecular weight is 272 g/mol. The summed E-state index contributed by atoms with van der Waals surface area (Å²) < 4.78 is 10.8. The molecule has 4 heteroatoms. The van der Waals surface area contributed by atoms with Crippen LogP contribution in [0.15, 0.2) is 12.7 Å². The second-order valence-electron chi connectivity index (χ2n) is 4.67. The fourth-order valence-corrected chi connectivity index (χ4v) is 5.70. The first kappa shape index (κ1) is 17.4. The Labute approximate surface area is 113 Å². The van der Waals surface area contributed by atoms with Crippen LogP contribution in [0.1, 0.15) is 39.5 Å². The van der Waals surface area contributed by atoms with Gasteiger partial charge in [-0.05, 0) is 24.6 Å². The molecule has 0 amide bonds. The molecule has 18 heavy (non-hydrogen) atoms. The summed E-state index contributed by atoms with van der Waals surface area (Å²) in [5.41, 5.74) is 0. The molecule has 0 fully saturated rings. The summed E-state index contributed by atoms with van der Waals surface area (Å²) in [6, 6.07) is 3.68. The predicted octanol–water partition coefficient (Wildman–Crippen LogP) is 3.91. The van der Waals surface area contributed by atoms with Gasteiger partial charge in [-0.3, -0.25) is 0 Å². The molecule has 0 aliphatic rings. The molecule has 0 saturated heterocycles. The number of unbranched alkanes of at least 4 members (excludes halogenated alkanes) is 2. The SMILES string of the molecule is C=CC(=O)OCCCCC[Si](CC)(CCC)OC. The minimum absolute atomic E-state index is 0.324. The first-order valence-corrected chi connectivity index (χ1v) is 9.51. The first-order chi connectivity index (χ1) is 8.64. The van der Waals surface area contributed by atoms with E-state index in [-0.39, 0.29) is 5.97 Å². The number of carbonyl (C=O) groups is 1. The number of carbonyl (C=O) groups excluding carboxylic acids is 1. The van der Waals surface area contributed by atoms with Crippen molar-refractivity contribution in [3.05, 3.63) is 12.7 Å². The van der Waals surface area contributed by atoms with Crippen LogP contribution in [0.5, 0.6) is 0 Å². The monoisotopic (exact) mass is 272 g/mol.